The molecule has 0 amide bonds. The van der Waals surface area contributed by atoms with Crippen LogP contribution in [-0.2, 0) is 0 Å². The maximum Gasteiger partial charge on any atom is 0.248 e. The maximum atomic E-state index is 6.00. The third-order valence-electron chi connectivity index (χ3n) is 9.66. The monoisotopic (exact) mass is 722 g/mol. The molecule has 0 fully saturated rings. The molecule has 10 aromatic rings. The van der Waals surface area contributed by atoms with Crippen molar-refractivity contribution in [2.24, 2.45) is 0 Å². The molecule has 3 aromatic heterocycles. The van der Waals surface area contributed by atoms with Gasteiger partial charge in [-0.3, -0.25) is 0 Å². The summed E-state index contributed by atoms with van der Waals surface area (Å²) in [5, 5.41) is 17.1. The van der Waals surface area contributed by atoms with Crippen molar-refractivity contribution >= 4 is 11.0 Å². The van der Waals surface area contributed by atoms with E-state index in [9.17, 15) is 0 Å². The van der Waals surface area contributed by atoms with E-state index in [1.165, 1.54) is 0 Å². The van der Waals surface area contributed by atoms with Crippen LogP contribution in [0.15, 0.2) is 191 Å². The fraction of sp³-hybridized carbons (Fsp3) is 0. The molecule has 0 aliphatic rings. The summed E-state index contributed by atoms with van der Waals surface area (Å²) in [6, 6.07) is 60.7. The smallest absolute Gasteiger partial charge is 0.248 e. The van der Waals surface area contributed by atoms with Gasteiger partial charge >= 0.3 is 0 Å². The Labute approximate surface area is 321 Å². The van der Waals surface area contributed by atoms with Gasteiger partial charge in [0.15, 0.2) is 0 Å². The predicted molar refractivity (Wildman–Crippen MR) is 219 cm³/mol. The van der Waals surface area contributed by atoms with Crippen molar-refractivity contribution in [3.05, 3.63) is 182 Å². The average molecular weight is 723 g/mol. The second kappa shape index (κ2) is 14.2. The van der Waals surface area contributed by atoms with Crippen LogP contribution in [0.3, 0.4) is 0 Å². The van der Waals surface area contributed by atoms with Crippen LogP contribution in [0.2, 0.25) is 0 Å². The van der Waals surface area contributed by atoms with Gasteiger partial charge in [0.1, 0.15) is 0 Å². The number of benzene rings is 7. The zero-order chi connectivity index (χ0) is 37.3. The summed E-state index contributed by atoms with van der Waals surface area (Å²) in [6.07, 6.45) is 0. The summed E-state index contributed by atoms with van der Waals surface area (Å²) in [6.45, 7) is 0. The van der Waals surface area contributed by atoms with Crippen LogP contribution in [0.4, 0.5) is 0 Å². The first kappa shape index (κ1) is 32.8. The van der Waals surface area contributed by atoms with Crippen LogP contribution in [-0.4, -0.2) is 30.4 Å². The van der Waals surface area contributed by atoms with Gasteiger partial charge in [-0.25, -0.2) is 9.97 Å². The highest BCUT2D eigenvalue weighted by atomic mass is 16.4. The second-order valence-electron chi connectivity index (χ2n) is 13.3. The Bertz CT molecular complexity index is 2750. The lowest BCUT2D eigenvalue weighted by atomic mass is 9.96. The number of rotatable bonds is 8. The zero-order valence-electron chi connectivity index (χ0n) is 29.8. The van der Waals surface area contributed by atoms with Crippen LogP contribution in [0.1, 0.15) is 0 Å². The normalized spacial score (nSPS) is 11.2. The van der Waals surface area contributed by atoms with E-state index in [1.54, 1.807) is 0 Å². The van der Waals surface area contributed by atoms with Gasteiger partial charge in [-0.1, -0.05) is 109 Å². The summed E-state index contributed by atoms with van der Waals surface area (Å²) in [7, 11) is 0. The molecule has 56 heavy (non-hydrogen) atoms. The zero-order valence-corrected chi connectivity index (χ0v) is 29.8. The number of hydrogen-bond donors (Lipinski definition) is 0. The fourth-order valence-electron chi connectivity index (χ4n) is 6.78. The SMILES string of the molecule is c1ccc(-c2nnc(-c3ccc(-c4cccc(-c5nc6ccccc6nc5-c5cccc(-c6ccc(-c7nnc(-c8ccccc8)o7)cc6)c5)c4)cc3)o2)cc1. The summed E-state index contributed by atoms with van der Waals surface area (Å²) < 4.78 is 12.0. The van der Waals surface area contributed by atoms with Crippen molar-refractivity contribution in [1.82, 2.24) is 30.4 Å². The Hall–Kier alpha value is -7.84. The van der Waals surface area contributed by atoms with E-state index in [1.807, 2.05) is 109 Å². The molecule has 0 saturated carbocycles. The third-order valence-corrected chi connectivity index (χ3v) is 9.66. The van der Waals surface area contributed by atoms with Crippen LogP contribution in [0, 0.1) is 0 Å². The van der Waals surface area contributed by atoms with E-state index in [0.717, 1.165) is 78.1 Å². The molecule has 0 bridgehead atoms. The Morgan fingerprint density at radius 3 is 0.946 bits per heavy atom. The number of para-hydroxylation sites is 2. The van der Waals surface area contributed by atoms with Gasteiger partial charge in [0.2, 0.25) is 23.6 Å². The van der Waals surface area contributed by atoms with Gasteiger partial charge in [0, 0.05) is 33.4 Å². The third kappa shape index (κ3) is 6.41. The Morgan fingerprint density at radius 1 is 0.250 bits per heavy atom. The van der Waals surface area contributed by atoms with Crippen molar-refractivity contribution in [3.63, 3.8) is 0 Å². The second-order valence-corrected chi connectivity index (χ2v) is 13.3. The molecule has 0 aliphatic carbocycles. The summed E-state index contributed by atoms with van der Waals surface area (Å²) >= 11 is 0. The molecular formula is C48H30N6O2. The minimum atomic E-state index is 0.475. The Balaban J connectivity index is 0.961. The molecule has 0 N–H and O–H groups in total. The number of nitrogens with zero attached hydrogens (tertiary/aromatic N) is 6. The standard InChI is InChI=1S/C48H30N6O2/c1-3-11-33(12-4-1)45-51-53-47(55-45)35-25-21-31(22-26-35)37-15-9-17-39(29-37)43-44(50-42-20-8-7-19-41(42)49-43)40-18-10-16-38(30-40)32-23-27-36(28-24-32)48-54-52-46(56-48)34-13-5-2-6-14-34/h1-30H. The average Bonchev–Trinajstić information content (AvgIpc) is 3.99. The van der Waals surface area contributed by atoms with Crippen molar-refractivity contribution in [3.8, 4) is 90.6 Å². The topological polar surface area (TPSA) is 104 Å². The lowest BCUT2D eigenvalue weighted by molar-refractivity contribution is 0.584. The van der Waals surface area contributed by atoms with Gasteiger partial charge in [0.25, 0.3) is 0 Å². The first-order valence-corrected chi connectivity index (χ1v) is 18.2. The molecule has 264 valence electrons. The highest BCUT2D eigenvalue weighted by Gasteiger charge is 2.17. The number of fused-ring (bicyclic) bond motifs is 1. The molecule has 8 heteroatoms. The van der Waals surface area contributed by atoms with E-state index in [2.05, 4.69) is 93.2 Å². The van der Waals surface area contributed by atoms with Crippen LogP contribution < -0.4 is 0 Å². The van der Waals surface area contributed by atoms with E-state index in [4.69, 9.17) is 18.8 Å². The Morgan fingerprint density at radius 2 is 0.554 bits per heavy atom. The summed E-state index contributed by atoms with van der Waals surface area (Å²) in [5.41, 5.74) is 12.9. The molecule has 7 aromatic carbocycles. The van der Waals surface area contributed by atoms with Crippen LogP contribution >= 0.6 is 0 Å². The van der Waals surface area contributed by atoms with Gasteiger partial charge in [-0.15, -0.1) is 20.4 Å². The van der Waals surface area contributed by atoms with Gasteiger partial charge in [-0.05, 0) is 95.1 Å². The molecule has 0 spiro atoms. The van der Waals surface area contributed by atoms with Crippen LogP contribution in [0.25, 0.3) is 102 Å². The number of hydrogen-bond acceptors (Lipinski definition) is 8. The Kier molecular flexibility index (Phi) is 8.31. The molecule has 0 radical (unpaired) electrons. The minimum Gasteiger partial charge on any atom is -0.416 e. The molecular weight excluding hydrogens is 693 g/mol. The van der Waals surface area contributed by atoms with Gasteiger partial charge in [-0.2, -0.15) is 0 Å². The van der Waals surface area contributed by atoms with Crippen molar-refractivity contribution in [1.29, 1.82) is 0 Å². The van der Waals surface area contributed by atoms with Crippen molar-refractivity contribution < 1.29 is 8.83 Å². The van der Waals surface area contributed by atoms with E-state index in [0.29, 0.717) is 23.6 Å². The first-order valence-electron chi connectivity index (χ1n) is 18.2. The molecule has 10 rings (SSSR count). The van der Waals surface area contributed by atoms with Gasteiger partial charge in [0.05, 0.1) is 22.4 Å². The quantitative estimate of drug-likeness (QED) is 0.153. The van der Waals surface area contributed by atoms with Crippen molar-refractivity contribution in [2.75, 3.05) is 0 Å². The highest BCUT2D eigenvalue weighted by molar-refractivity contribution is 5.88. The lowest BCUT2D eigenvalue weighted by Gasteiger charge is -2.13. The predicted octanol–water partition coefficient (Wildman–Crippen LogP) is 11.7. The van der Waals surface area contributed by atoms with E-state index >= 15 is 0 Å². The van der Waals surface area contributed by atoms with Crippen LogP contribution in [0.5, 0.6) is 0 Å². The minimum absolute atomic E-state index is 0.475. The summed E-state index contributed by atoms with van der Waals surface area (Å²) in [4.78, 5) is 10.4. The largest absolute Gasteiger partial charge is 0.416 e. The first-order chi connectivity index (χ1) is 27.7. The maximum absolute atomic E-state index is 6.00. The highest BCUT2D eigenvalue weighted by Crippen LogP contribution is 2.36. The molecule has 0 aliphatic heterocycles. The molecule has 0 atom stereocenters. The lowest BCUT2D eigenvalue weighted by Crippen LogP contribution is -1.96. The molecule has 8 nitrogen and oxygen atoms in total. The molecule has 0 unspecified atom stereocenters. The molecule has 3 heterocycles. The van der Waals surface area contributed by atoms with E-state index < -0.39 is 0 Å². The summed E-state index contributed by atoms with van der Waals surface area (Å²) in [5.74, 6) is 1.93. The molecule has 0 saturated heterocycles. The van der Waals surface area contributed by atoms with E-state index in [-0.39, 0.29) is 0 Å². The fourth-order valence-corrected chi connectivity index (χ4v) is 6.78. The van der Waals surface area contributed by atoms with Crippen molar-refractivity contribution in [2.45, 2.75) is 0 Å². The van der Waals surface area contributed by atoms with Gasteiger partial charge < -0.3 is 8.83 Å². The number of aromatic nitrogens is 6.